The van der Waals surface area contributed by atoms with Gasteiger partial charge in [0.15, 0.2) is 13.1 Å². The third-order valence-corrected chi connectivity index (χ3v) is 3.76. The number of likely N-dealkylation sites (N-methyl/N-ethyl adjacent to an activating group) is 1. The highest BCUT2D eigenvalue weighted by Crippen LogP contribution is 2.33. The van der Waals surface area contributed by atoms with Crippen molar-refractivity contribution < 1.29 is 27.7 Å². The Labute approximate surface area is 159 Å². The van der Waals surface area contributed by atoms with Crippen molar-refractivity contribution in [2.45, 2.75) is 19.5 Å². The van der Waals surface area contributed by atoms with Crippen molar-refractivity contribution in [3.8, 4) is 5.69 Å². The minimum absolute atomic E-state index is 0.0476. The van der Waals surface area contributed by atoms with E-state index in [-0.39, 0.29) is 30.4 Å². The van der Waals surface area contributed by atoms with Crippen LogP contribution in [-0.4, -0.2) is 53.3 Å². The zero-order valence-corrected chi connectivity index (χ0v) is 15.5. The van der Waals surface area contributed by atoms with E-state index < -0.39 is 17.6 Å². The lowest BCUT2D eigenvalue weighted by molar-refractivity contribution is -0.862. The van der Waals surface area contributed by atoms with Crippen LogP contribution in [0.25, 0.3) is 5.69 Å². The Kier molecular flexibility index (Phi) is 7.10. The number of nitrogens with zero attached hydrogens (tertiary/aromatic N) is 3. The summed E-state index contributed by atoms with van der Waals surface area (Å²) in [6, 6.07) is 2.96. The van der Waals surface area contributed by atoms with Crippen LogP contribution < -0.4 is 15.5 Å². The van der Waals surface area contributed by atoms with Gasteiger partial charge in [0.1, 0.15) is 12.7 Å². The Hall–Kier alpha value is -2.95. The molecule has 0 saturated carbocycles. The summed E-state index contributed by atoms with van der Waals surface area (Å²) in [4.78, 5) is 28.4. The predicted molar refractivity (Wildman–Crippen MR) is 94.9 cm³/mol. The number of rotatable bonds is 8. The van der Waals surface area contributed by atoms with E-state index in [1.54, 1.807) is 7.05 Å². The molecular formula is C17H22F3N6O2+. The molecule has 2 amide bonds. The van der Waals surface area contributed by atoms with Crippen molar-refractivity contribution in [3.63, 3.8) is 0 Å². The SMILES string of the molecule is CCCNC(=O)C[NH+](C)CC(=O)Nc1cc(C(F)(F)F)ccc1-n1cncn1. The molecule has 1 aromatic carbocycles. The summed E-state index contributed by atoms with van der Waals surface area (Å²) in [6.45, 7) is 2.45. The lowest BCUT2D eigenvalue weighted by Gasteiger charge is -2.16. The van der Waals surface area contributed by atoms with Gasteiger partial charge in [0.25, 0.3) is 11.8 Å². The van der Waals surface area contributed by atoms with E-state index in [2.05, 4.69) is 20.7 Å². The van der Waals surface area contributed by atoms with Gasteiger partial charge in [0.05, 0.1) is 24.0 Å². The van der Waals surface area contributed by atoms with Crippen LogP contribution in [0.2, 0.25) is 0 Å². The van der Waals surface area contributed by atoms with Gasteiger partial charge < -0.3 is 15.5 Å². The molecule has 1 aromatic heterocycles. The van der Waals surface area contributed by atoms with Crippen molar-refractivity contribution in [2.24, 2.45) is 0 Å². The maximum absolute atomic E-state index is 13.0. The van der Waals surface area contributed by atoms with E-state index >= 15 is 0 Å². The molecule has 1 atom stereocenters. The molecule has 1 unspecified atom stereocenters. The second kappa shape index (κ2) is 9.31. The van der Waals surface area contributed by atoms with E-state index in [0.29, 0.717) is 11.4 Å². The molecule has 1 heterocycles. The van der Waals surface area contributed by atoms with Crippen LogP contribution in [0, 0.1) is 0 Å². The number of halogens is 3. The molecule has 0 saturated heterocycles. The third-order valence-electron chi connectivity index (χ3n) is 3.76. The molecule has 8 nitrogen and oxygen atoms in total. The molecule has 0 aliphatic carbocycles. The summed E-state index contributed by atoms with van der Waals surface area (Å²) in [6.07, 6.45) is -1.21. The molecule has 0 fully saturated rings. The van der Waals surface area contributed by atoms with Crippen LogP contribution in [0.5, 0.6) is 0 Å². The zero-order valence-electron chi connectivity index (χ0n) is 15.5. The average molecular weight is 399 g/mol. The van der Waals surface area contributed by atoms with Gasteiger partial charge in [-0.15, -0.1) is 0 Å². The summed E-state index contributed by atoms with van der Waals surface area (Å²) in [7, 11) is 1.65. The minimum Gasteiger partial charge on any atom is -0.351 e. The van der Waals surface area contributed by atoms with Crippen LogP contribution in [0.1, 0.15) is 18.9 Å². The standard InChI is InChI=1S/C17H21F3N6O2/c1-3-6-22-15(27)8-25(2)9-16(28)24-13-7-12(17(18,19)20)4-5-14(13)26-11-21-10-23-26/h4-5,7,10-11H,3,6,8-9H2,1-2H3,(H,22,27)(H,24,28)/p+1. The smallest absolute Gasteiger partial charge is 0.351 e. The first-order chi connectivity index (χ1) is 13.2. The normalized spacial score (nSPS) is 12.5. The van der Waals surface area contributed by atoms with Gasteiger partial charge in [-0.25, -0.2) is 9.67 Å². The van der Waals surface area contributed by atoms with Crippen molar-refractivity contribution >= 4 is 17.5 Å². The Balaban J connectivity index is 2.12. The average Bonchev–Trinajstić information content (AvgIpc) is 3.13. The molecule has 0 spiro atoms. The Morgan fingerprint density at radius 3 is 2.54 bits per heavy atom. The lowest BCUT2D eigenvalue weighted by Crippen LogP contribution is -3.11. The summed E-state index contributed by atoms with van der Waals surface area (Å²) in [5.41, 5.74) is -0.697. The minimum atomic E-state index is -4.56. The Morgan fingerprint density at radius 2 is 1.93 bits per heavy atom. The summed E-state index contributed by atoms with van der Waals surface area (Å²) >= 11 is 0. The second-order valence-corrected chi connectivity index (χ2v) is 6.28. The van der Waals surface area contributed by atoms with Crippen LogP contribution >= 0.6 is 0 Å². The monoisotopic (exact) mass is 399 g/mol. The van der Waals surface area contributed by atoms with Gasteiger partial charge >= 0.3 is 6.18 Å². The highest BCUT2D eigenvalue weighted by Gasteiger charge is 2.31. The molecule has 11 heteroatoms. The van der Waals surface area contributed by atoms with Crippen LogP contribution in [0.4, 0.5) is 18.9 Å². The van der Waals surface area contributed by atoms with E-state index in [0.717, 1.165) is 18.6 Å². The van der Waals surface area contributed by atoms with Crippen molar-refractivity contribution in [1.29, 1.82) is 0 Å². The first kappa shape index (κ1) is 21.4. The number of hydrogen-bond acceptors (Lipinski definition) is 4. The molecule has 2 rings (SSSR count). The fraction of sp³-hybridized carbons (Fsp3) is 0.412. The van der Waals surface area contributed by atoms with E-state index in [4.69, 9.17) is 0 Å². The molecule has 0 aliphatic heterocycles. The number of carbonyl (C=O) groups is 2. The molecule has 0 bridgehead atoms. The molecule has 2 aromatic rings. The largest absolute Gasteiger partial charge is 0.416 e. The fourth-order valence-corrected chi connectivity index (χ4v) is 2.48. The number of hydrogen-bond donors (Lipinski definition) is 3. The molecule has 0 radical (unpaired) electrons. The molecule has 28 heavy (non-hydrogen) atoms. The second-order valence-electron chi connectivity index (χ2n) is 6.28. The number of nitrogens with one attached hydrogen (secondary N) is 3. The van der Waals surface area contributed by atoms with E-state index in [9.17, 15) is 22.8 Å². The van der Waals surface area contributed by atoms with E-state index in [1.807, 2.05) is 6.92 Å². The summed E-state index contributed by atoms with van der Waals surface area (Å²) in [5.74, 6) is -0.726. The zero-order chi connectivity index (χ0) is 20.7. The molecule has 152 valence electrons. The number of quaternary nitrogens is 1. The first-order valence-electron chi connectivity index (χ1n) is 8.64. The van der Waals surface area contributed by atoms with Crippen molar-refractivity contribution in [2.75, 3.05) is 32.0 Å². The van der Waals surface area contributed by atoms with Crippen LogP contribution in [0.3, 0.4) is 0 Å². The highest BCUT2D eigenvalue weighted by molar-refractivity contribution is 5.93. The van der Waals surface area contributed by atoms with E-state index in [1.165, 1.54) is 23.4 Å². The van der Waals surface area contributed by atoms with Gasteiger partial charge in [0, 0.05) is 6.54 Å². The highest BCUT2D eigenvalue weighted by atomic mass is 19.4. The Bertz CT molecular complexity index is 808. The Morgan fingerprint density at radius 1 is 1.21 bits per heavy atom. The number of anilines is 1. The predicted octanol–water partition coefficient (Wildman–Crippen LogP) is 0.266. The fourth-order valence-electron chi connectivity index (χ4n) is 2.48. The van der Waals surface area contributed by atoms with Crippen LogP contribution in [0.15, 0.2) is 30.9 Å². The number of benzene rings is 1. The van der Waals surface area contributed by atoms with Gasteiger partial charge in [-0.3, -0.25) is 9.59 Å². The third kappa shape index (κ3) is 6.05. The molecule has 0 aliphatic rings. The van der Waals surface area contributed by atoms with Crippen molar-refractivity contribution in [1.82, 2.24) is 20.1 Å². The van der Waals surface area contributed by atoms with Gasteiger partial charge in [0.2, 0.25) is 0 Å². The quantitative estimate of drug-likeness (QED) is 0.594. The van der Waals surface area contributed by atoms with Crippen LogP contribution in [-0.2, 0) is 15.8 Å². The summed E-state index contributed by atoms with van der Waals surface area (Å²) in [5, 5.41) is 9.07. The lowest BCUT2D eigenvalue weighted by atomic mass is 10.1. The number of amides is 2. The van der Waals surface area contributed by atoms with Gasteiger partial charge in [-0.1, -0.05) is 6.92 Å². The number of carbonyl (C=O) groups excluding carboxylic acids is 2. The van der Waals surface area contributed by atoms with Crippen molar-refractivity contribution in [3.05, 3.63) is 36.4 Å². The maximum Gasteiger partial charge on any atom is 0.416 e. The first-order valence-corrected chi connectivity index (χ1v) is 8.64. The van der Waals surface area contributed by atoms with Gasteiger partial charge in [-0.05, 0) is 24.6 Å². The maximum atomic E-state index is 13.0. The number of alkyl halides is 3. The number of aromatic nitrogens is 3. The molecular weight excluding hydrogens is 377 g/mol. The topological polar surface area (TPSA) is 93.3 Å². The summed E-state index contributed by atoms with van der Waals surface area (Å²) < 4.78 is 40.4. The molecule has 3 N–H and O–H groups in total. The van der Waals surface area contributed by atoms with Gasteiger partial charge in [-0.2, -0.15) is 18.3 Å².